The van der Waals surface area contributed by atoms with Gasteiger partial charge in [-0.2, -0.15) is 17.4 Å². The molecule has 0 saturated carbocycles. The van der Waals surface area contributed by atoms with E-state index in [0.717, 1.165) is 0 Å². The summed E-state index contributed by atoms with van der Waals surface area (Å²) in [6.07, 6.45) is 0.271. The van der Waals surface area contributed by atoms with Crippen LogP contribution in [0.5, 0.6) is 0 Å². The van der Waals surface area contributed by atoms with Gasteiger partial charge in [0, 0.05) is 24.5 Å². The van der Waals surface area contributed by atoms with Gasteiger partial charge in [-0.1, -0.05) is 0 Å². The van der Waals surface area contributed by atoms with Crippen molar-refractivity contribution in [2.24, 2.45) is 0 Å². The van der Waals surface area contributed by atoms with E-state index in [1.165, 1.54) is 4.31 Å². The topological polar surface area (TPSA) is 86.7 Å². The Bertz CT molecular complexity index is 371. The zero-order chi connectivity index (χ0) is 14.6. The lowest BCUT2D eigenvalue weighted by Gasteiger charge is -2.30. The fraction of sp³-hybridized carbons (Fsp3) is 0.909. The van der Waals surface area contributed by atoms with E-state index >= 15 is 0 Å². The van der Waals surface area contributed by atoms with Gasteiger partial charge in [-0.05, 0) is 41.0 Å². The summed E-state index contributed by atoms with van der Waals surface area (Å²) in [6, 6.07) is -0.210. The molecule has 0 aliphatic rings. The first-order valence-electron chi connectivity index (χ1n) is 5.98. The first kappa shape index (κ1) is 17.3. The average Bonchev–Trinajstić information content (AvgIpc) is 2.06. The third kappa shape index (κ3) is 6.93. The second-order valence-electron chi connectivity index (χ2n) is 5.56. The third-order valence-corrected chi connectivity index (χ3v) is 4.18. The monoisotopic (exact) mass is 280 g/mol. The summed E-state index contributed by atoms with van der Waals surface area (Å²) in [5.41, 5.74) is -0.557. The molecule has 0 aromatic heterocycles. The molecule has 0 aliphatic carbocycles. The molecule has 0 amide bonds. The highest BCUT2D eigenvalue weighted by molar-refractivity contribution is 7.87. The van der Waals surface area contributed by atoms with E-state index in [2.05, 4.69) is 4.72 Å². The van der Waals surface area contributed by atoms with Crippen molar-refractivity contribution in [2.75, 3.05) is 6.54 Å². The van der Waals surface area contributed by atoms with Crippen LogP contribution in [0.2, 0.25) is 0 Å². The largest absolute Gasteiger partial charge is 0.481 e. The predicted molar refractivity (Wildman–Crippen MR) is 70.5 cm³/mol. The lowest BCUT2D eigenvalue weighted by atomic mass is 10.1. The van der Waals surface area contributed by atoms with E-state index in [-0.39, 0.29) is 19.0 Å². The van der Waals surface area contributed by atoms with Crippen LogP contribution in [-0.2, 0) is 15.0 Å². The molecule has 6 nitrogen and oxygen atoms in total. The molecular formula is C11H24N2O4S. The first-order chi connectivity index (χ1) is 7.96. The fourth-order valence-corrected chi connectivity index (χ4v) is 3.30. The standard InChI is InChI=1S/C11H24N2O4S/c1-9(2)13(8-6-7-10(14)15)18(16,17)12-11(3,4)5/h9,12H,6-8H2,1-5H3,(H,14,15). The van der Waals surface area contributed by atoms with Crippen molar-refractivity contribution in [3.05, 3.63) is 0 Å². The van der Waals surface area contributed by atoms with Crippen LogP contribution in [0.25, 0.3) is 0 Å². The highest BCUT2D eigenvalue weighted by Crippen LogP contribution is 2.11. The molecule has 0 bridgehead atoms. The molecule has 0 unspecified atom stereocenters. The van der Waals surface area contributed by atoms with Gasteiger partial charge in [0.05, 0.1) is 0 Å². The number of hydrogen-bond acceptors (Lipinski definition) is 3. The molecule has 7 heteroatoms. The number of nitrogens with one attached hydrogen (secondary N) is 1. The molecule has 108 valence electrons. The molecule has 0 aromatic carbocycles. The van der Waals surface area contributed by atoms with Crippen molar-refractivity contribution in [1.82, 2.24) is 9.03 Å². The molecule has 0 aliphatic heterocycles. The molecule has 0 rings (SSSR count). The van der Waals surface area contributed by atoms with Crippen molar-refractivity contribution in [2.45, 2.75) is 59.0 Å². The van der Waals surface area contributed by atoms with E-state index in [1.54, 1.807) is 34.6 Å². The number of rotatable bonds is 7. The maximum absolute atomic E-state index is 12.1. The van der Waals surface area contributed by atoms with E-state index in [4.69, 9.17) is 5.11 Å². The van der Waals surface area contributed by atoms with Crippen LogP contribution in [0.15, 0.2) is 0 Å². The fourth-order valence-electron chi connectivity index (χ4n) is 1.49. The maximum atomic E-state index is 12.1. The summed E-state index contributed by atoms with van der Waals surface area (Å²) >= 11 is 0. The van der Waals surface area contributed by atoms with Crippen molar-refractivity contribution in [3.8, 4) is 0 Å². The normalized spacial score (nSPS) is 13.3. The molecule has 2 N–H and O–H groups in total. The molecule has 0 radical (unpaired) electrons. The van der Waals surface area contributed by atoms with Gasteiger partial charge in [-0.25, -0.2) is 0 Å². The van der Waals surface area contributed by atoms with Crippen molar-refractivity contribution in [3.63, 3.8) is 0 Å². The average molecular weight is 280 g/mol. The highest BCUT2D eigenvalue weighted by Gasteiger charge is 2.28. The minimum atomic E-state index is -3.59. The zero-order valence-corrected chi connectivity index (χ0v) is 12.5. The van der Waals surface area contributed by atoms with Gasteiger partial charge in [-0.3, -0.25) is 4.79 Å². The van der Waals surface area contributed by atoms with Crippen LogP contribution in [0.3, 0.4) is 0 Å². The number of carbonyl (C=O) groups is 1. The van der Waals surface area contributed by atoms with E-state index in [9.17, 15) is 13.2 Å². The smallest absolute Gasteiger partial charge is 0.303 e. The Morgan fingerprint density at radius 3 is 2.17 bits per heavy atom. The number of carboxylic acid groups (broad SMARTS) is 1. The quantitative estimate of drug-likeness (QED) is 0.733. The zero-order valence-electron chi connectivity index (χ0n) is 11.7. The molecule has 0 atom stereocenters. The number of nitrogens with zero attached hydrogens (tertiary/aromatic N) is 1. The summed E-state index contributed by atoms with van der Waals surface area (Å²) < 4.78 is 28.1. The lowest BCUT2D eigenvalue weighted by molar-refractivity contribution is -0.137. The van der Waals surface area contributed by atoms with E-state index in [0.29, 0.717) is 6.42 Å². The lowest BCUT2D eigenvalue weighted by Crippen LogP contribution is -2.51. The van der Waals surface area contributed by atoms with Crippen LogP contribution >= 0.6 is 0 Å². The second kappa shape index (κ2) is 6.49. The van der Waals surface area contributed by atoms with Crippen LogP contribution in [0.4, 0.5) is 0 Å². The SMILES string of the molecule is CC(C)N(CCCC(=O)O)S(=O)(=O)NC(C)(C)C. The third-order valence-electron chi connectivity index (χ3n) is 2.09. The number of aliphatic carboxylic acids is 1. The summed E-state index contributed by atoms with van der Waals surface area (Å²) in [4.78, 5) is 10.4. The van der Waals surface area contributed by atoms with Crippen LogP contribution in [0.1, 0.15) is 47.5 Å². The summed E-state index contributed by atoms with van der Waals surface area (Å²) in [7, 11) is -3.59. The molecule has 0 aromatic rings. The Labute approximate surface area is 110 Å². The van der Waals surface area contributed by atoms with Gasteiger partial charge in [0.25, 0.3) is 10.2 Å². The Hall–Kier alpha value is -0.660. The van der Waals surface area contributed by atoms with Gasteiger partial charge in [0.2, 0.25) is 0 Å². The van der Waals surface area contributed by atoms with Gasteiger partial charge in [0.15, 0.2) is 0 Å². The highest BCUT2D eigenvalue weighted by atomic mass is 32.2. The van der Waals surface area contributed by atoms with Crippen LogP contribution in [-0.4, -0.2) is 41.9 Å². The van der Waals surface area contributed by atoms with Gasteiger partial charge in [-0.15, -0.1) is 0 Å². The predicted octanol–water partition coefficient (Wildman–Crippen LogP) is 1.19. The maximum Gasteiger partial charge on any atom is 0.303 e. The summed E-state index contributed by atoms with van der Waals surface area (Å²) in [5.74, 6) is -0.917. The minimum absolute atomic E-state index is 0.0335. The first-order valence-corrected chi connectivity index (χ1v) is 7.42. The minimum Gasteiger partial charge on any atom is -0.481 e. The molecule has 0 saturated heterocycles. The molecular weight excluding hydrogens is 256 g/mol. The Morgan fingerprint density at radius 2 is 1.83 bits per heavy atom. The molecule has 0 heterocycles. The van der Waals surface area contributed by atoms with Crippen molar-refractivity contribution < 1.29 is 18.3 Å². The van der Waals surface area contributed by atoms with Gasteiger partial charge in [0.1, 0.15) is 0 Å². The Balaban J connectivity index is 4.73. The van der Waals surface area contributed by atoms with E-state index in [1.807, 2.05) is 0 Å². The van der Waals surface area contributed by atoms with Gasteiger partial charge >= 0.3 is 5.97 Å². The Morgan fingerprint density at radius 1 is 1.33 bits per heavy atom. The van der Waals surface area contributed by atoms with Crippen molar-refractivity contribution in [1.29, 1.82) is 0 Å². The summed E-state index contributed by atoms with van der Waals surface area (Å²) in [5, 5.41) is 8.57. The van der Waals surface area contributed by atoms with Crippen LogP contribution in [0, 0.1) is 0 Å². The molecule has 18 heavy (non-hydrogen) atoms. The molecule has 0 fully saturated rings. The van der Waals surface area contributed by atoms with Crippen molar-refractivity contribution >= 4 is 16.2 Å². The molecule has 0 spiro atoms. The second-order valence-corrected chi connectivity index (χ2v) is 7.18. The Kier molecular flexibility index (Phi) is 6.25. The van der Waals surface area contributed by atoms with Crippen LogP contribution < -0.4 is 4.72 Å². The number of hydrogen-bond donors (Lipinski definition) is 2. The number of carboxylic acids is 1. The van der Waals surface area contributed by atoms with E-state index < -0.39 is 21.7 Å². The summed E-state index contributed by atoms with van der Waals surface area (Å²) in [6.45, 7) is 9.03. The van der Waals surface area contributed by atoms with Gasteiger partial charge < -0.3 is 5.11 Å².